The van der Waals surface area contributed by atoms with Crippen molar-refractivity contribution in [3.05, 3.63) is 70.8 Å². The van der Waals surface area contributed by atoms with Gasteiger partial charge >= 0.3 is 12.0 Å². The van der Waals surface area contributed by atoms with Crippen LogP contribution in [0.3, 0.4) is 0 Å². The van der Waals surface area contributed by atoms with Crippen molar-refractivity contribution < 1.29 is 33.4 Å². The summed E-state index contributed by atoms with van der Waals surface area (Å²) in [5.41, 5.74) is 9.25. The molecule has 17 heteroatoms. The van der Waals surface area contributed by atoms with E-state index < -0.39 is 41.3 Å². The van der Waals surface area contributed by atoms with Crippen LogP contribution in [0.15, 0.2) is 54.6 Å². The van der Waals surface area contributed by atoms with E-state index in [1.165, 1.54) is 32.2 Å². The number of hydrogen-bond donors (Lipinski definition) is 2. The maximum atomic E-state index is 14.6. The summed E-state index contributed by atoms with van der Waals surface area (Å²) in [5, 5.41) is 8.10. The summed E-state index contributed by atoms with van der Waals surface area (Å²) in [7, 11) is 4.95. The van der Waals surface area contributed by atoms with Gasteiger partial charge in [-0.05, 0) is 81.4 Å². The molecule has 0 spiro atoms. The van der Waals surface area contributed by atoms with Crippen molar-refractivity contribution in [2.45, 2.75) is 110 Å². The normalized spacial score (nSPS) is 20.8. The van der Waals surface area contributed by atoms with Crippen molar-refractivity contribution in [3.63, 3.8) is 0 Å². The molecule has 5 atom stereocenters. The average molecular weight is 924 g/mol. The number of pyridine rings is 1. The smallest absolute Gasteiger partial charge is 0.324 e. The number of fused-ring (bicyclic) bond motifs is 6. The monoisotopic (exact) mass is 923 g/mol. The van der Waals surface area contributed by atoms with Gasteiger partial charge in [0.1, 0.15) is 18.1 Å². The standard InChI is InChI=1S/C49H65N9O7S/c1-11-41(59)54(8)26-32-19-22-57(32)48(63)55(9)43(29(3)4)45(60)52-37-24-40-51-38(27-66-40)31-17-18-39-34(23-31)35(44(56(39)12-2)33-15-13-20-50-42(33)30(5)64-10)25-49(6,7)28-65-47(62)36-16-14-21-58(53-36)46(37)61/h11,13,15,17-18,20,23,27,29-30,32,36-37,43,53H,1,12,14,16,19,21-22,24-26,28H2,2-10H3,(H,52,60)/t30-,32-,36-,37-,43-/m0/s1. The first-order valence-corrected chi connectivity index (χ1v) is 23.9. The van der Waals surface area contributed by atoms with Crippen LogP contribution in [0, 0.1) is 11.3 Å². The van der Waals surface area contributed by atoms with E-state index in [1.54, 1.807) is 32.3 Å². The number of benzene rings is 1. The number of amides is 5. The number of esters is 1. The molecule has 354 valence electrons. The maximum absolute atomic E-state index is 14.6. The molecule has 66 heavy (non-hydrogen) atoms. The van der Waals surface area contributed by atoms with E-state index in [-0.39, 0.29) is 43.0 Å². The lowest BCUT2D eigenvalue weighted by molar-refractivity contribution is -0.155. The molecule has 3 aliphatic heterocycles. The first-order chi connectivity index (χ1) is 31.5. The van der Waals surface area contributed by atoms with Gasteiger partial charge in [0.25, 0.3) is 5.91 Å². The highest BCUT2D eigenvalue weighted by molar-refractivity contribution is 7.10. The Morgan fingerprint density at radius 2 is 1.91 bits per heavy atom. The minimum atomic E-state index is -1.09. The first-order valence-electron chi connectivity index (χ1n) is 23.0. The highest BCUT2D eigenvalue weighted by atomic mass is 32.1. The second-order valence-electron chi connectivity index (χ2n) is 18.9. The van der Waals surface area contributed by atoms with Crippen LogP contribution in [0.4, 0.5) is 4.79 Å². The fourth-order valence-corrected chi connectivity index (χ4v) is 10.4. The van der Waals surface area contributed by atoms with Gasteiger partial charge < -0.3 is 34.1 Å². The first kappa shape index (κ1) is 48.3. The van der Waals surface area contributed by atoms with Crippen molar-refractivity contribution in [2.75, 3.05) is 47.4 Å². The van der Waals surface area contributed by atoms with Crippen LogP contribution < -0.4 is 10.7 Å². The Morgan fingerprint density at radius 1 is 1.14 bits per heavy atom. The fourth-order valence-electron chi connectivity index (χ4n) is 9.51. The molecule has 4 aromatic rings. The summed E-state index contributed by atoms with van der Waals surface area (Å²) in [6.07, 6.45) is 5.14. The number of ether oxygens (including phenoxy) is 2. The number of thiazole rings is 1. The van der Waals surface area contributed by atoms with Crippen molar-refractivity contribution in [3.8, 4) is 22.5 Å². The van der Waals surface area contributed by atoms with Gasteiger partial charge in [-0.15, -0.1) is 11.3 Å². The molecule has 0 radical (unpaired) electrons. The van der Waals surface area contributed by atoms with Crippen LogP contribution in [0.5, 0.6) is 0 Å². The van der Waals surface area contributed by atoms with Gasteiger partial charge in [0.2, 0.25) is 11.8 Å². The third-order valence-corrected chi connectivity index (χ3v) is 14.1. The summed E-state index contributed by atoms with van der Waals surface area (Å²) < 4.78 is 14.2. The SMILES string of the molecule is C=CC(=O)N(C)C[C@@H]1CCN1C(=O)N(C)[C@H](C(=O)N[C@H]1Cc2nc(cs2)-c2ccc3c(c2)c(c(-c2cccnc2[C@H](C)OC)n3CC)CC(C)(C)COC(=O)[C@@H]2CCCN(N2)C1=O)C(C)C. The third-order valence-electron chi connectivity index (χ3n) is 13.2. The number of likely N-dealkylation sites (N-methyl/N-ethyl adjacent to an activating group) is 2. The predicted octanol–water partition coefficient (Wildman–Crippen LogP) is 6.00. The molecule has 16 nitrogen and oxygen atoms in total. The molecule has 0 saturated carbocycles. The molecule has 6 bridgehead atoms. The van der Waals surface area contributed by atoms with Crippen molar-refractivity contribution in [2.24, 2.45) is 11.3 Å². The maximum Gasteiger partial charge on any atom is 0.324 e. The number of urea groups is 1. The highest BCUT2D eigenvalue weighted by Crippen LogP contribution is 2.42. The van der Waals surface area contributed by atoms with E-state index in [0.717, 1.165) is 51.1 Å². The van der Waals surface area contributed by atoms with E-state index in [0.29, 0.717) is 50.4 Å². The van der Waals surface area contributed by atoms with Crippen LogP contribution in [0.2, 0.25) is 0 Å². The number of methoxy groups -OCH3 is 1. The van der Waals surface area contributed by atoms with Crippen LogP contribution in [0.25, 0.3) is 33.4 Å². The zero-order valence-electron chi connectivity index (χ0n) is 39.8. The van der Waals surface area contributed by atoms with Gasteiger partial charge in [-0.3, -0.25) is 29.2 Å². The number of carbonyl (C=O) groups is 5. The molecule has 7 rings (SSSR count). The number of nitrogens with one attached hydrogen (secondary N) is 2. The lowest BCUT2D eigenvalue weighted by Crippen LogP contribution is -2.64. The second kappa shape index (κ2) is 20.1. The third kappa shape index (κ3) is 9.88. The van der Waals surface area contributed by atoms with E-state index in [9.17, 15) is 24.0 Å². The number of hydrogen-bond acceptors (Lipinski definition) is 11. The summed E-state index contributed by atoms with van der Waals surface area (Å²) in [4.78, 5) is 83.7. The zero-order valence-corrected chi connectivity index (χ0v) is 40.6. The number of likely N-dealkylation sites (tertiary alicyclic amines) is 1. The van der Waals surface area contributed by atoms with Gasteiger partial charge in [-0.2, -0.15) is 0 Å². The Morgan fingerprint density at radius 3 is 2.59 bits per heavy atom. The van der Waals surface area contributed by atoms with Gasteiger partial charge in [0.05, 0.1) is 40.8 Å². The van der Waals surface area contributed by atoms with Crippen molar-refractivity contribution in [1.82, 2.24) is 45.0 Å². The Bertz CT molecular complexity index is 2480. The summed E-state index contributed by atoms with van der Waals surface area (Å²) in [5.74, 6) is -1.94. The van der Waals surface area contributed by atoms with Crippen molar-refractivity contribution >= 4 is 52.0 Å². The number of carbonyl (C=O) groups excluding carboxylic acids is 5. The molecule has 0 unspecified atom stereocenters. The average Bonchev–Trinajstić information content (AvgIpc) is 3.89. The van der Waals surface area contributed by atoms with Crippen LogP contribution in [0.1, 0.15) is 83.2 Å². The molecule has 3 aromatic heterocycles. The fraction of sp³-hybridized carbons (Fsp3) is 0.531. The van der Waals surface area contributed by atoms with Gasteiger partial charge in [-0.25, -0.2) is 15.2 Å². The molecular formula is C49H65N9O7S. The number of nitrogens with zero attached hydrogens (tertiary/aromatic N) is 7. The molecule has 2 saturated heterocycles. The van der Waals surface area contributed by atoms with E-state index >= 15 is 0 Å². The summed E-state index contributed by atoms with van der Waals surface area (Å²) in [6.45, 7) is 17.5. The van der Waals surface area contributed by atoms with Gasteiger partial charge in [-0.1, -0.05) is 40.3 Å². The molecule has 1 aromatic carbocycles. The molecular weight excluding hydrogens is 859 g/mol. The van der Waals surface area contributed by atoms with E-state index in [2.05, 4.69) is 66.9 Å². The Balaban J connectivity index is 1.25. The molecule has 2 fully saturated rings. The molecule has 3 aliphatic rings. The van der Waals surface area contributed by atoms with Gasteiger partial charge in [0.15, 0.2) is 0 Å². The number of rotatable bonds is 11. The van der Waals surface area contributed by atoms with Crippen LogP contribution >= 0.6 is 11.3 Å². The summed E-state index contributed by atoms with van der Waals surface area (Å²) in [6, 6.07) is 7.05. The zero-order chi connectivity index (χ0) is 47.6. The minimum absolute atomic E-state index is 0.0718. The Labute approximate surface area is 391 Å². The lowest BCUT2D eigenvalue weighted by Gasteiger charge is -2.45. The molecule has 6 heterocycles. The lowest BCUT2D eigenvalue weighted by atomic mass is 9.84. The Kier molecular flexibility index (Phi) is 14.7. The molecule has 2 N–H and O–H groups in total. The van der Waals surface area contributed by atoms with Gasteiger partial charge in [0, 0.05) is 92.8 Å². The Hall–Kier alpha value is -5.65. The number of aromatic nitrogens is 3. The van der Waals surface area contributed by atoms with Crippen LogP contribution in [-0.4, -0.2) is 136 Å². The quantitative estimate of drug-likeness (QED) is 0.134. The molecule has 5 amide bonds. The van der Waals surface area contributed by atoms with E-state index in [4.69, 9.17) is 19.4 Å². The number of cyclic esters (lactones) is 1. The van der Waals surface area contributed by atoms with E-state index in [1.807, 2.05) is 32.2 Å². The number of aryl methyl sites for hydroxylation is 1. The predicted molar refractivity (Wildman–Crippen MR) is 254 cm³/mol. The summed E-state index contributed by atoms with van der Waals surface area (Å²) >= 11 is 1.40. The highest BCUT2D eigenvalue weighted by Gasteiger charge is 2.41. The number of hydrazine groups is 1. The second-order valence-corrected chi connectivity index (χ2v) is 19.9. The largest absolute Gasteiger partial charge is 0.464 e. The topological polar surface area (TPSA) is 172 Å². The van der Waals surface area contributed by atoms with Crippen LogP contribution in [-0.2, 0) is 48.0 Å². The minimum Gasteiger partial charge on any atom is -0.464 e. The van der Waals surface area contributed by atoms with Crippen molar-refractivity contribution in [1.29, 1.82) is 0 Å². The molecule has 0 aliphatic carbocycles.